The fraction of sp³-hybridized carbons (Fsp3) is 0.654. The molecular formula is C26H32FN5O4S. The van der Waals surface area contributed by atoms with Crippen LogP contribution in [-0.4, -0.2) is 77.0 Å². The third-order valence-electron chi connectivity index (χ3n) is 9.39. The Hall–Kier alpha value is -2.53. The van der Waals surface area contributed by atoms with Crippen LogP contribution in [0.3, 0.4) is 0 Å². The normalized spacial score (nSPS) is 25.4. The van der Waals surface area contributed by atoms with E-state index in [0.29, 0.717) is 24.1 Å². The van der Waals surface area contributed by atoms with Gasteiger partial charge in [0.2, 0.25) is 0 Å². The summed E-state index contributed by atoms with van der Waals surface area (Å²) in [6.45, 7) is 3.13. The van der Waals surface area contributed by atoms with E-state index >= 15 is 0 Å². The fourth-order valence-electron chi connectivity index (χ4n) is 7.31. The van der Waals surface area contributed by atoms with Crippen molar-refractivity contribution in [3.63, 3.8) is 0 Å². The third-order valence-corrected chi connectivity index (χ3v) is 10.5. The molecule has 3 heterocycles. The van der Waals surface area contributed by atoms with Crippen LogP contribution in [0.4, 0.5) is 9.18 Å². The molecule has 5 fully saturated rings. The lowest BCUT2D eigenvalue weighted by Crippen LogP contribution is -2.70. The number of hydrogen-bond donors (Lipinski definition) is 2. The number of aliphatic hydroxyl groups is 1. The maximum Gasteiger partial charge on any atom is 0.320 e. The Morgan fingerprint density at radius 1 is 1.05 bits per heavy atom. The lowest BCUT2D eigenvalue weighted by Gasteiger charge is -2.63. The number of likely N-dealkylation sites (tertiary alicyclic amines) is 2. The van der Waals surface area contributed by atoms with E-state index in [1.807, 2.05) is 9.80 Å². The van der Waals surface area contributed by atoms with Crippen molar-refractivity contribution in [3.05, 3.63) is 41.2 Å². The van der Waals surface area contributed by atoms with E-state index in [0.717, 1.165) is 88.4 Å². The highest BCUT2D eigenvalue weighted by molar-refractivity contribution is 7.90. The number of aromatic nitrogens is 3. The van der Waals surface area contributed by atoms with Crippen molar-refractivity contribution in [1.82, 2.24) is 25.0 Å². The molecule has 2 saturated heterocycles. The Morgan fingerprint density at radius 2 is 1.68 bits per heavy atom. The lowest BCUT2D eigenvalue weighted by molar-refractivity contribution is -0.100. The molecule has 1 aromatic heterocycles. The molecule has 3 aliphatic carbocycles. The molecule has 198 valence electrons. The second-order valence-electron chi connectivity index (χ2n) is 12.7. The predicted octanol–water partition coefficient (Wildman–Crippen LogP) is 2.58. The van der Waals surface area contributed by atoms with Crippen molar-refractivity contribution in [2.24, 2.45) is 16.7 Å². The summed E-state index contributed by atoms with van der Waals surface area (Å²) >= 11 is 0. The standard InChI is InChI=1S/C26H32FN5O4S/c1-37(35,36)20-6-16(5-19(27)7-20)4-17-8-24(9-17)12-31(13-24)23(33)32-14-25(15-32)10-18(11-25)21-28-22(30-29-21)26(34)2-3-26/h5-7,17-18,34H,2-4,8-15H2,1H3,(H,28,29,30). The SMILES string of the molecule is CS(=O)(=O)c1cc(F)cc(CC2CC3(C2)CN(C(=O)N2CC4(CC(c5nnc(C6(O)CC6)[nH]5)C4)C2)C3)c1. The molecule has 1 aromatic carbocycles. The molecule has 7 rings (SSSR count). The highest BCUT2D eigenvalue weighted by Gasteiger charge is 2.59. The minimum atomic E-state index is -3.44. The highest BCUT2D eigenvalue weighted by atomic mass is 32.2. The van der Waals surface area contributed by atoms with E-state index in [9.17, 15) is 22.7 Å². The van der Waals surface area contributed by atoms with Crippen LogP contribution >= 0.6 is 0 Å². The Balaban J connectivity index is 0.862. The number of carbonyl (C=O) groups is 1. The van der Waals surface area contributed by atoms with Gasteiger partial charge < -0.3 is 19.9 Å². The molecule has 0 unspecified atom stereocenters. The van der Waals surface area contributed by atoms with E-state index in [1.54, 1.807) is 6.07 Å². The third kappa shape index (κ3) is 3.96. The number of urea groups is 1. The smallest absolute Gasteiger partial charge is 0.320 e. The first-order valence-electron chi connectivity index (χ1n) is 13.1. The van der Waals surface area contributed by atoms with E-state index in [2.05, 4.69) is 15.2 Å². The molecule has 2 amide bonds. The maximum atomic E-state index is 13.9. The topological polar surface area (TPSA) is 119 Å². The number of carbonyl (C=O) groups excluding carboxylic acids is 1. The van der Waals surface area contributed by atoms with Gasteiger partial charge in [-0.15, -0.1) is 10.2 Å². The van der Waals surface area contributed by atoms with Crippen LogP contribution in [0.1, 0.15) is 61.7 Å². The van der Waals surface area contributed by atoms with Crippen LogP contribution in [0.25, 0.3) is 0 Å². The van der Waals surface area contributed by atoms with Gasteiger partial charge in [-0.25, -0.2) is 17.6 Å². The van der Waals surface area contributed by atoms with Gasteiger partial charge in [-0.3, -0.25) is 0 Å². The molecule has 2 spiro atoms. The van der Waals surface area contributed by atoms with Crippen molar-refractivity contribution < 1.29 is 22.7 Å². The quantitative estimate of drug-likeness (QED) is 0.615. The molecule has 11 heteroatoms. The summed E-state index contributed by atoms with van der Waals surface area (Å²) in [6, 6.07) is 4.22. The van der Waals surface area contributed by atoms with Gasteiger partial charge in [0, 0.05) is 49.2 Å². The van der Waals surface area contributed by atoms with Crippen LogP contribution in [-0.2, 0) is 21.9 Å². The van der Waals surface area contributed by atoms with Crippen molar-refractivity contribution >= 4 is 15.9 Å². The number of hydrogen-bond acceptors (Lipinski definition) is 6. The van der Waals surface area contributed by atoms with Gasteiger partial charge in [0.1, 0.15) is 17.2 Å². The summed E-state index contributed by atoms with van der Waals surface area (Å²) in [5, 5.41) is 18.6. The van der Waals surface area contributed by atoms with E-state index in [1.165, 1.54) is 6.07 Å². The number of sulfone groups is 1. The summed E-state index contributed by atoms with van der Waals surface area (Å²) in [6.07, 6.45) is 7.21. The number of nitrogens with one attached hydrogen (secondary N) is 1. The van der Waals surface area contributed by atoms with Crippen LogP contribution in [0, 0.1) is 22.6 Å². The molecule has 3 saturated carbocycles. The molecule has 37 heavy (non-hydrogen) atoms. The van der Waals surface area contributed by atoms with Gasteiger partial charge in [-0.05, 0) is 74.6 Å². The Bertz CT molecular complexity index is 1380. The van der Waals surface area contributed by atoms with Crippen LogP contribution in [0.15, 0.2) is 23.1 Å². The van der Waals surface area contributed by atoms with Crippen molar-refractivity contribution in [1.29, 1.82) is 0 Å². The number of aromatic amines is 1. The van der Waals surface area contributed by atoms with E-state index in [-0.39, 0.29) is 21.8 Å². The Kier molecular flexibility index (Phi) is 4.80. The molecule has 0 bridgehead atoms. The molecule has 2 N–H and O–H groups in total. The monoisotopic (exact) mass is 529 g/mol. The second-order valence-corrected chi connectivity index (χ2v) is 14.8. The number of rotatable bonds is 5. The largest absolute Gasteiger partial charge is 0.382 e. The second kappa shape index (κ2) is 7.53. The van der Waals surface area contributed by atoms with Crippen LogP contribution in [0.5, 0.6) is 0 Å². The Morgan fingerprint density at radius 3 is 2.27 bits per heavy atom. The van der Waals surface area contributed by atoms with Gasteiger partial charge >= 0.3 is 6.03 Å². The molecule has 0 radical (unpaired) electrons. The van der Waals surface area contributed by atoms with Gasteiger partial charge in [-0.2, -0.15) is 0 Å². The number of halogens is 1. The highest BCUT2D eigenvalue weighted by Crippen LogP contribution is 2.57. The number of nitrogens with zero attached hydrogens (tertiary/aromatic N) is 4. The zero-order valence-corrected chi connectivity index (χ0v) is 21.7. The number of H-pyrrole nitrogens is 1. The summed E-state index contributed by atoms with van der Waals surface area (Å²) in [5.41, 5.74) is 0.307. The average Bonchev–Trinajstić information content (AvgIpc) is 3.26. The minimum absolute atomic E-state index is 0.0319. The van der Waals surface area contributed by atoms with E-state index < -0.39 is 21.3 Å². The zero-order valence-electron chi connectivity index (χ0n) is 20.9. The predicted molar refractivity (Wildman–Crippen MR) is 131 cm³/mol. The van der Waals surface area contributed by atoms with Crippen LogP contribution < -0.4 is 0 Å². The van der Waals surface area contributed by atoms with Gasteiger partial charge in [-0.1, -0.05) is 0 Å². The summed E-state index contributed by atoms with van der Waals surface area (Å²) in [7, 11) is -3.44. The first-order chi connectivity index (χ1) is 17.4. The van der Waals surface area contributed by atoms with Crippen molar-refractivity contribution in [2.45, 2.75) is 61.4 Å². The summed E-state index contributed by atoms with van der Waals surface area (Å²) in [4.78, 5) is 20.1. The van der Waals surface area contributed by atoms with Gasteiger partial charge in [0.15, 0.2) is 15.7 Å². The molecule has 0 atom stereocenters. The summed E-state index contributed by atoms with van der Waals surface area (Å²) < 4.78 is 37.5. The molecular weight excluding hydrogens is 497 g/mol. The summed E-state index contributed by atoms with van der Waals surface area (Å²) in [5.74, 6) is 1.66. The molecule has 5 aliphatic rings. The first-order valence-corrected chi connectivity index (χ1v) is 15.0. The first kappa shape index (κ1) is 23.6. The fourth-order valence-corrected chi connectivity index (χ4v) is 8.00. The number of amides is 2. The van der Waals surface area contributed by atoms with Gasteiger partial charge in [0.05, 0.1) is 4.90 Å². The van der Waals surface area contributed by atoms with Crippen LogP contribution in [0.2, 0.25) is 0 Å². The number of benzene rings is 1. The van der Waals surface area contributed by atoms with Crippen molar-refractivity contribution in [2.75, 3.05) is 32.4 Å². The lowest BCUT2D eigenvalue weighted by atomic mass is 9.56. The molecule has 2 aromatic rings. The molecule has 2 aliphatic heterocycles. The zero-order chi connectivity index (χ0) is 25.8. The van der Waals surface area contributed by atoms with Gasteiger partial charge in [0.25, 0.3) is 0 Å². The molecule has 9 nitrogen and oxygen atoms in total. The maximum absolute atomic E-state index is 13.9. The minimum Gasteiger partial charge on any atom is -0.382 e. The Labute approximate surface area is 215 Å². The van der Waals surface area contributed by atoms with E-state index in [4.69, 9.17) is 0 Å². The van der Waals surface area contributed by atoms with Crippen molar-refractivity contribution in [3.8, 4) is 0 Å². The average molecular weight is 530 g/mol.